The van der Waals surface area contributed by atoms with Gasteiger partial charge in [0, 0.05) is 31.4 Å². The highest BCUT2D eigenvalue weighted by Gasteiger charge is 2.24. The van der Waals surface area contributed by atoms with Crippen LogP contribution in [0.15, 0.2) is 24.4 Å². The number of hydrogen-bond donors (Lipinski definition) is 2. The number of aromatic nitrogens is 2. The molecule has 1 saturated heterocycles. The lowest BCUT2D eigenvalue weighted by Gasteiger charge is -2.20. The minimum absolute atomic E-state index is 0.0389. The molecule has 4 heteroatoms. The molecule has 2 N–H and O–H groups in total. The molecule has 0 spiro atoms. The molecule has 0 bridgehead atoms. The first-order valence-corrected chi connectivity index (χ1v) is 5.51. The average Bonchev–Trinajstić information content (AvgIpc) is 2.73. The van der Waals surface area contributed by atoms with Gasteiger partial charge in [0.2, 0.25) is 0 Å². The number of piperidine rings is 1. The zero-order chi connectivity index (χ0) is 11.0. The smallest absolute Gasteiger partial charge is 0.144 e. The van der Waals surface area contributed by atoms with E-state index in [-0.39, 0.29) is 5.92 Å². The van der Waals surface area contributed by atoms with Gasteiger partial charge in [-0.15, -0.1) is 0 Å². The van der Waals surface area contributed by atoms with E-state index in [1.54, 1.807) is 6.20 Å². The van der Waals surface area contributed by atoms with E-state index >= 15 is 0 Å². The number of ketones is 1. The maximum Gasteiger partial charge on any atom is 0.144 e. The molecule has 2 aromatic heterocycles. The predicted molar refractivity (Wildman–Crippen MR) is 61.3 cm³/mol. The Bertz CT molecular complexity index is 499. The SMILES string of the molecule is O=C1CCNCC1c1cc2ncccc2[nH]1. The van der Waals surface area contributed by atoms with Gasteiger partial charge < -0.3 is 10.3 Å². The van der Waals surface area contributed by atoms with Gasteiger partial charge in [0.25, 0.3) is 0 Å². The Morgan fingerprint density at radius 2 is 2.38 bits per heavy atom. The van der Waals surface area contributed by atoms with Crippen molar-refractivity contribution in [2.45, 2.75) is 12.3 Å². The van der Waals surface area contributed by atoms with Crippen molar-refractivity contribution in [3.05, 3.63) is 30.1 Å². The Kier molecular flexibility index (Phi) is 2.22. The molecule has 1 aliphatic rings. The molecule has 82 valence electrons. The number of fused-ring (bicyclic) bond motifs is 1. The third-order valence-electron chi connectivity index (χ3n) is 3.07. The highest BCUT2D eigenvalue weighted by Crippen LogP contribution is 2.22. The number of hydrogen-bond acceptors (Lipinski definition) is 3. The van der Waals surface area contributed by atoms with Crippen LogP contribution in [0.2, 0.25) is 0 Å². The summed E-state index contributed by atoms with van der Waals surface area (Å²) in [5.41, 5.74) is 2.90. The van der Waals surface area contributed by atoms with Crippen molar-refractivity contribution in [2.75, 3.05) is 13.1 Å². The summed E-state index contributed by atoms with van der Waals surface area (Å²) in [7, 11) is 0. The molecular formula is C12H13N3O. The third-order valence-corrected chi connectivity index (χ3v) is 3.07. The summed E-state index contributed by atoms with van der Waals surface area (Å²) < 4.78 is 0. The van der Waals surface area contributed by atoms with E-state index in [9.17, 15) is 4.79 Å². The van der Waals surface area contributed by atoms with Gasteiger partial charge in [0.15, 0.2) is 0 Å². The number of Topliss-reactive ketones (excluding diaryl/α,β-unsaturated/α-hetero) is 1. The number of nitrogens with one attached hydrogen (secondary N) is 2. The van der Waals surface area contributed by atoms with E-state index in [0.29, 0.717) is 12.2 Å². The number of aromatic amines is 1. The van der Waals surface area contributed by atoms with Crippen LogP contribution in [0.25, 0.3) is 11.0 Å². The molecule has 0 radical (unpaired) electrons. The molecule has 0 aliphatic carbocycles. The van der Waals surface area contributed by atoms with E-state index in [0.717, 1.165) is 29.8 Å². The molecule has 0 amide bonds. The monoisotopic (exact) mass is 215 g/mol. The van der Waals surface area contributed by atoms with Crippen LogP contribution in [-0.4, -0.2) is 28.8 Å². The topological polar surface area (TPSA) is 57.8 Å². The summed E-state index contributed by atoms with van der Waals surface area (Å²) in [4.78, 5) is 19.3. The van der Waals surface area contributed by atoms with Gasteiger partial charge in [-0.1, -0.05) is 0 Å². The Labute approximate surface area is 93.1 Å². The van der Waals surface area contributed by atoms with Gasteiger partial charge in [0.05, 0.1) is 17.0 Å². The van der Waals surface area contributed by atoms with Gasteiger partial charge in [-0.25, -0.2) is 0 Å². The number of rotatable bonds is 1. The first kappa shape index (κ1) is 9.54. The number of nitrogens with zero attached hydrogens (tertiary/aromatic N) is 1. The molecule has 1 fully saturated rings. The second-order valence-electron chi connectivity index (χ2n) is 4.13. The van der Waals surface area contributed by atoms with Crippen LogP contribution in [0.5, 0.6) is 0 Å². The second-order valence-corrected chi connectivity index (χ2v) is 4.13. The number of carbonyl (C=O) groups excluding carboxylic acids is 1. The highest BCUT2D eigenvalue weighted by molar-refractivity contribution is 5.88. The predicted octanol–water partition coefficient (Wildman–Crippen LogP) is 1.21. The molecule has 0 aromatic carbocycles. The zero-order valence-electron chi connectivity index (χ0n) is 8.86. The van der Waals surface area contributed by atoms with Gasteiger partial charge in [0.1, 0.15) is 5.78 Å². The van der Waals surface area contributed by atoms with Crippen molar-refractivity contribution in [3.8, 4) is 0 Å². The van der Waals surface area contributed by atoms with Gasteiger partial charge in [-0.2, -0.15) is 0 Å². The maximum absolute atomic E-state index is 11.8. The maximum atomic E-state index is 11.8. The summed E-state index contributed by atoms with van der Waals surface area (Å²) in [6, 6.07) is 5.85. The minimum atomic E-state index is -0.0389. The Hall–Kier alpha value is -1.68. The van der Waals surface area contributed by atoms with Crippen molar-refractivity contribution in [2.24, 2.45) is 0 Å². The standard InChI is InChI=1S/C12H13N3O/c16-12-3-5-13-7-8(12)10-6-11-9(15-10)2-1-4-14-11/h1-2,4,6,8,13,15H,3,5,7H2. The van der Waals surface area contributed by atoms with Crippen LogP contribution in [0.1, 0.15) is 18.0 Å². The number of carbonyl (C=O) groups is 1. The van der Waals surface area contributed by atoms with Crippen LogP contribution < -0.4 is 5.32 Å². The van der Waals surface area contributed by atoms with Crippen LogP contribution >= 0.6 is 0 Å². The summed E-state index contributed by atoms with van der Waals surface area (Å²) >= 11 is 0. The fourth-order valence-corrected chi connectivity index (χ4v) is 2.19. The third kappa shape index (κ3) is 1.51. The summed E-state index contributed by atoms with van der Waals surface area (Å²) in [5, 5.41) is 3.25. The molecule has 16 heavy (non-hydrogen) atoms. The molecule has 0 saturated carbocycles. The van der Waals surface area contributed by atoms with Crippen LogP contribution in [-0.2, 0) is 4.79 Å². The van der Waals surface area contributed by atoms with Crippen molar-refractivity contribution >= 4 is 16.8 Å². The van der Waals surface area contributed by atoms with Crippen LogP contribution in [0, 0.1) is 0 Å². The second kappa shape index (κ2) is 3.72. The Morgan fingerprint density at radius 3 is 3.19 bits per heavy atom. The van der Waals surface area contributed by atoms with Gasteiger partial charge in [-0.05, 0) is 18.2 Å². The molecule has 1 unspecified atom stereocenters. The quantitative estimate of drug-likeness (QED) is 0.751. The van der Waals surface area contributed by atoms with Gasteiger partial charge in [-0.3, -0.25) is 9.78 Å². The van der Waals surface area contributed by atoms with Crippen LogP contribution in [0.4, 0.5) is 0 Å². The fraction of sp³-hybridized carbons (Fsp3) is 0.333. The first-order chi connectivity index (χ1) is 7.84. The van der Waals surface area contributed by atoms with E-state index in [4.69, 9.17) is 0 Å². The molecular weight excluding hydrogens is 202 g/mol. The molecule has 3 rings (SSSR count). The summed E-state index contributed by atoms with van der Waals surface area (Å²) in [5.74, 6) is 0.272. The van der Waals surface area contributed by atoms with Crippen LogP contribution in [0.3, 0.4) is 0 Å². The normalized spacial score (nSPS) is 21.5. The number of H-pyrrole nitrogens is 1. The molecule has 4 nitrogen and oxygen atoms in total. The lowest BCUT2D eigenvalue weighted by atomic mass is 9.95. The van der Waals surface area contributed by atoms with Crippen molar-refractivity contribution < 1.29 is 4.79 Å². The summed E-state index contributed by atoms with van der Waals surface area (Å²) in [6.45, 7) is 1.53. The van der Waals surface area contributed by atoms with E-state index < -0.39 is 0 Å². The highest BCUT2D eigenvalue weighted by atomic mass is 16.1. The van der Waals surface area contributed by atoms with E-state index in [1.807, 2.05) is 18.2 Å². The zero-order valence-corrected chi connectivity index (χ0v) is 8.86. The first-order valence-electron chi connectivity index (χ1n) is 5.51. The van der Waals surface area contributed by atoms with Crippen molar-refractivity contribution in [3.63, 3.8) is 0 Å². The van der Waals surface area contributed by atoms with E-state index in [2.05, 4.69) is 15.3 Å². The molecule has 3 heterocycles. The van der Waals surface area contributed by atoms with E-state index in [1.165, 1.54) is 0 Å². The summed E-state index contributed by atoms with van der Waals surface area (Å²) in [6.07, 6.45) is 2.38. The Morgan fingerprint density at radius 1 is 1.44 bits per heavy atom. The average molecular weight is 215 g/mol. The fourth-order valence-electron chi connectivity index (χ4n) is 2.19. The molecule has 1 atom stereocenters. The van der Waals surface area contributed by atoms with Gasteiger partial charge >= 0.3 is 0 Å². The number of pyridine rings is 1. The largest absolute Gasteiger partial charge is 0.356 e. The lowest BCUT2D eigenvalue weighted by molar-refractivity contribution is -0.121. The Balaban J connectivity index is 2.01. The lowest BCUT2D eigenvalue weighted by Crippen LogP contribution is -2.35. The minimum Gasteiger partial charge on any atom is -0.356 e. The molecule has 1 aliphatic heterocycles. The molecule has 2 aromatic rings. The van der Waals surface area contributed by atoms with Crippen molar-refractivity contribution in [1.82, 2.24) is 15.3 Å². The van der Waals surface area contributed by atoms with Crippen molar-refractivity contribution in [1.29, 1.82) is 0 Å².